The molecule has 29 heavy (non-hydrogen) atoms. The molecule has 4 rings (SSSR count). The van der Waals surface area contributed by atoms with Crippen molar-refractivity contribution in [2.75, 3.05) is 5.75 Å². The number of pyridine rings is 1. The lowest BCUT2D eigenvalue weighted by Gasteiger charge is -2.16. The minimum absolute atomic E-state index is 0.0648. The van der Waals surface area contributed by atoms with E-state index in [9.17, 15) is 4.79 Å². The molecule has 7 heteroatoms. The van der Waals surface area contributed by atoms with Crippen LogP contribution in [0.5, 0.6) is 0 Å². The molecule has 0 radical (unpaired) electrons. The van der Waals surface area contributed by atoms with Crippen LogP contribution in [-0.4, -0.2) is 37.5 Å². The molecular formula is C22H25N5OS. The maximum atomic E-state index is 12.5. The van der Waals surface area contributed by atoms with Gasteiger partial charge in [-0.3, -0.25) is 14.3 Å². The fourth-order valence-corrected chi connectivity index (χ4v) is 4.45. The first-order valence-corrected chi connectivity index (χ1v) is 11.1. The van der Waals surface area contributed by atoms with Crippen molar-refractivity contribution in [1.82, 2.24) is 25.1 Å². The number of amides is 1. The van der Waals surface area contributed by atoms with E-state index in [1.54, 1.807) is 12.4 Å². The van der Waals surface area contributed by atoms with Crippen LogP contribution >= 0.6 is 11.8 Å². The zero-order valence-electron chi connectivity index (χ0n) is 16.3. The lowest BCUT2D eigenvalue weighted by Crippen LogP contribution is -2.35. The van der Waals surface area contributed by atoms with E-state index in [0.29, 0.717) is 17.0 Å². The van der Waals surface area contributed by atoms with Crippen molar-refractivity contribution in [3.63, 3.8) is 0 Å². The Bertz CT molecular complexity index is 921. The molecule has 0 spiro atoms. The summed E-state index contributed by atoms with van der Waals surface area (Å²) in [5, 5.41) is 12.7. The lowest BCUT2D eigenvalue weighted by molar-refractivity contribution is -0.119. The molecule has 1 aliphatic carbocycles. The van der Waals surface area contributed by atoms with Crippen molar-refractivity contribution in [3.8, 4) is 17.1 Å². The largest absolute Gasteiger partial charge is 0.353 e. The van der Waals surface area contributed by atoms with Crippen LogP contribution in [0.4, 0.5) is 0 Å². The first-order valence-electron chi connectivity index (χ1n) is 10.1. The van der Waals surface area contributed by atoms with Crippen LogP contribution in [0.3, 0.4) is 0 Å². The number of hydrogen-bond donors (Lipinski definition) is 1. The van der Waals surface area contributed by atoms with Crippen molar-refractivity contribution in [1.29, 1.82) is 0 Å². The number of nitrogens with zero attached hydrogens (tertiary/aromatic N) is 4. The Morgan fingerprint density at radius 1 is 1.00 bits per heavy atom. The molecule has 1 fully saturated rings. The number of para-hydroxylation sites is 1. The molecular weight excluding hydrogens is 382 g/mol. The van der Waals surface area contributed by atoms with Crippen LogP contribution in [0.1, 0.15) is 38.5 Å². The molecule has 6 nitrogen and oxygen atoms in total. The second-order valence-corrected chi connectivity index (χ2v) is 8.20. The second-order valence-electron chi connectivity index (χ2n) is 7.26. The van der Waals surface area contributed by atoms with Crippen molar-refractivity contribution in [2.45, 2.75) is 49.7 Å². The van der Waals surface area contributed by atoms with Gasteiger partial charge in [0.2, 0.25) is 5.91 Å². The third kappa shape index (κ3) is 5.03. The minimum atomic E-state index is 0.0648. The average molecular weight is 408 g/mol. The maximum absolute atomic E-state index is 12.5. The van der Waals surface area contributed by atoms with Crippen LogP contribution in [0.25, 0.3) is 17.1 Å². The molecule has 2 heterocycles. The number of carbonyl (C=O) groups excluding carboxylic acids is 1. The van der Waals surface area contributed by atoms with E-state index in [1.165, 1.54) is 37.4 Å². The Morgan fingerprint density at radius 2 is 1.72 bits per heavy atom. The summed E-state index contributed by atoms with van der Waals surface area (Å²) in [4.78, 5) is 16.6. The topological polar surface area (TPSA) is 72.7 Å². The van der Waals surface area contributed by atoms with Gasteiger partial charge in [-0.05, 0) is 37.1 Å². The predicted molar refractivity (Wildman–Crippen MR) is 115 cm³/mol. The molecule has 150 valence electrons. The molecule has 0 aliphatic heterocycles. The highest BCUT2D eigenvalue weighted by Crippen LogP contribution is 2.27. The fraction of sp³-hybridized carbons (Fsp3) is 0.364. The summed E-state index contributed by atoms with van der Waals surface area (Å²) < 4.78 is 2.00. The Kier molecular flexibility index (Phi) is 6.56. The summed E-state index contributed by atoms with van der Waals surface area (Å²) in [6, 6.07) is 14.1. The van der Waals surface area contributed by atoms with Crippen LogP contribution in [-0.2, 0) is 4.79 Å². The summed E-state index contributed by atoms with van der Waals surface area (Å²) in [6.45, 7) is 0. The normalized spacial score (nSPS) is 15.0. The minimum Gasteiger partial charge on any atom is -0.353 e. The van der Waals surface area contributed by atoms with Crippen molar-refractivity contribution < 1.29 is 4.79 Å². The molecule has 1 N–H and O–H groups in total. The summed E-state index contributed by atoms with van der Waals surface area (Å²) in [5.74, 6) is 1.14. The molecule has 1 aromatic carbocycles. The Hall–Kier alpha value is -2.67. The summed E-state index contributed by atoms with van der Waals surface area (Å²) >= 11 is 1.42. The van der Waals surface area contributed by atoms with Gasteiger partial charge in [-0.1, -0.05) is 55.6 Å². The number of benzene rings is 1. The highest BCUT2D eigenvalue weighted by atomic mass is 32.2. The monoisotopic (exact) mass is 407 g/mol. The number of aromatic nitrogens is 4. The van der Waals surface area contributed by atoms with Gasteiger partial charge < -0.3 is 5.32 Å². The molecule has 0 bridgehead atoms. The summed E-state index contributed by atoms with van der Waals surface area (Å²) in [7, 11) is 0. The molecule has 0 atom stereocenters. The molecule has 0 unspecified atom stereocenters. The van der Waals surface area contributed by atoms with Crippen molar-refractivity contribution in [2.24, 2.45) is 0 Å². The second kappa shape index (κ2) is 9.69. The highest BCUT2D eigenvalue weighted by Gasteiger charge is 2.19. The Labute approximate surface area is 175 Å². The standard InChI is InChI=1S/C22H25N5OS/c28-20(24-18-8-4-1-2-5-9-18)16-29-22-26-25-21(17-12-14-23-15-13-17)27(22)19-10-6-3-7-11-19/h3,6-7,10-15,18H,1-2,4-5,8-9,16H2,(H,24,28). The first-order chi connectivity index (χ1) is 14.3. The van der Waals surface area contributed by atoms with E-state index >= 15 is 0 Å². The quantitative estimate of drug-likeness (QED) is 0.488. The van der Waals surface area contributed by atoms with E-state index < -0.39 is 0 Å². The van der Waals surface area contributed by atoms with Crippen LogP contribution in [0, 0.1) is 0 Å². The smallest absolute Gasteiger partial charge is 0.230 e. The van der Waals surface area contributed by atoms with Crippen molar-refractivity contribution >= 4 is 17.7 Å². The Morgan fingerprint density at radius 3 is 2.45 bits per heavy atom. The third-order valence-corrected chi connectivity index (χ3v) is 6.07. The van der Waals surface area contributed by atoms with Gasteiger partial charge in [0.05, 0.1) is 5.75 Å². The van der Waals surface area contributed by atoms with Crippen LogP contribution in [0.2, 0.25) is 0 Å². The zero-order chi connectivity index (χ0) is 19.9. The van der Waals surface area contributed by atoms with E-state index in [-0.39, 0.29) is 5.91 Å². The molecule has 1 aliphatic rings. The average Bonchev–Trinajstić information content (AvgIpc) is 3.03. The van der Waals surface area contributed by atoms with E-state index in [2.05, 4.69) is 20.5 Å². The van der Waals surface area contributed by atoms with Gasteiger partial charge in [-0.2, -0.15) is 0 Å². The van der Waals surface area contributed by atoms with Crippen LogP contribution < -0.4 is 5.32 Å². The van der Waals surface area contributed by atoms with E-state index in [0.717, 1.165) is 29.9 Å². The number of thioether (sulfide) groups is 1. The zero-order valence-corrected chi connectivity index (χ0v) is 17.1. The maximum Gasteiger partial charge on any atom is 0.230 e. The molecule has 2 aromatic heterocycles. The highest BCUT2D eigenvalue weighted by molar-refractivity contribution is 7.99. The predicted octanol–water partition coefficient (Wildman–Crippen LogP) is 4.26. The Balaban J connectivity index is 1.51. The summed E-state index contributed by atoms with van der Waals surface area (Å²) in [6.07, 6.45) is 10.6. The van der Waals surface area contributed by atoms with E-state index in [1.807, 2.05) is 47.0 Å². The molecule has 1 amide bonds. The lowest BCUT2D eigenvalue weighted by atomic mass is 10.1. The number of carbonyl (C=O) groups is 1. The van der Waals surface area contributed by atoms with Gasteiger partial charge in [0.1, 0.15) is 0 Å². The van der Waals surface area contributed by atoms with E-state index in [4.69, 9.17) is 0 Å². The first kappa shape index (κ1) is 19.6. The number of nitrogens with one attached hydrogen (secondary N) is 1. The number of hydrogen-bond acceptors (Lipinski definition) is 5. The van der Waals surface area contributed by atoms with Gasteiger partial charge >= 0.3 is 0 Å². The SMILES string of the molecule is O=C(CSc1nnc(-c2ccncc2)n1-c1ccccc1)NC1CCCCCC1. The van der Waals surface area contributed by atoms with Gasteiger partial charge in [0.25, 0.3) is 0 Å². The van der Waals surface area contributed by atoms with Gasteiger partial charge in [0.15, 0.2) is 11.0 Å². The number of rotatable bonds is 6. The molecule has 1 saturated carbocycles. The summed E-state index contributed by atoms with van der Waals surface area (Å²) in [5.41, 5.74) is 1.90. The molecule has 3 aromatic rings. The van der Waals surface area contributed by atoms with Gasteiger partial charge in [-0.25, -0.2) is 0 Å². The molecule has 0 saturated heterocycles. The van der Waals surface area contributed by atoms with Gasteiger partial charge in [0, 0.05) is 29.7 Å². The van der Waals surface area contributed by atoms with Gasteiger partial charge in [-0.15, -0.1) is 10.2 Å². The fourth-order valence-electron chi connectivity index (χ4n) is 3.68. The van der Waals surface area contributed by atoms with Crippen molar-refractivity contribution in [3.05, 3.63) is 54.9 Å². The third-order valence-electron chi connectivity index (χ3n) is 5.14. The van der Waals surface area contributed by atoms with Crippen LogP contribution in [0.15, 0.2) is 60.0 Å².